The van der Waals surface area contributed by atoms with Crippen LogP contribution in [0.15, 0.2) is 36.4 Å². The molecule has 0 aliphatic carbocycles. The number of aromatic amines is 1. The average molecular weight is 302 g/mol. The van der Waals surface area contributed by atoms with E-state index in [4.69, 9.17) is 21.1 Å². The summed E-state index contributed by atoms with van der Waals surface area (Å²) in [6.07, 6.45) is 0. The Bertz CT molecular complexity index is 808. The molecule has 0 saturated carbocycles. The minimum Gasteiger partial charge on any atom is -0.493 e. The van der Waals surface area contributed by atoms with Crippen molar-refractivity contribution in [2.45, 2.75) is 6.92 Å². The quantitative estimate of drug-likeness (QED) is 0.753. The molecule has 0 aliphatic heterocycles. The van der Waals surface area contributed by atoms with Gasteiger partial charge in [-0.3, -0.25) is 0 Å². The topological polar surface area (TPSA) is 34.2 Å². The highest BCUT2D eigenvalue weighted by atomic mass is 35.5. The van der Waals surface area contributed by atoms with Gasteiger partial charge in [-0.25, -0.2) is 0 Å². The number of benzene rings is 2. The lowest BCUT2D eigenvalue weighted by Gasteiger charge is -2.08. The molecule has 108 valence electrons. The lowest BCUT2D eigenvalue weighted by Crippen LogP contribution is -1.90. The van der Waals surface area contributed by atoms with Crippen LogP contribution in [0.3, 0.4) is 0 Å². The largest absolute Gasteiger partial charge is 0.493 e. The van der Waals surface area contributed by atoms with Crippen molar-refractivity contribution in [3.8, 4) is 22.8 Å². The summed E-state index contributed by atoms with van der Waals surface area (Å²) in [4.78, 5) is 3.37. The van der Waals surface area contributed by atoms with Gasteiger partial charge >= 0.3 is 0 Å². The molecule has 0 saturated heterocycles. The minimum atomic E-state index is 0.705. The zero-order valence-corrected chi connectivity index (χ0v) is 12.9. The molecule has 2 aromatic carbocycles. The maximum absolute atomic E-state index is 6.29. The van der Waals surface area contributed by atoms with Gasteiger partial charge in [0, 0.05) is 16.6 Å². The predicted molar refractivity (Wildman–Crippen MR) is 86.6 cm³/mol. The first-order valence-electron chi connectivity index (χ1n) is 6.63. The van der Waals surface area contributed by atoms with Gasteiger partial charge in [0.05, 0.1) is 24.8 Å². The first kappa shape index (κ1) is 13.8. The molecule has 0 unspecified atom stereocenters. The molecule has 0 amide bonds. The number of rotatable bonds is 3. The standard InChI is InChI=1S/C17H16ClNO2/c1-10-6-12-8-14(19-17(12)13(18)7-10)11-4-5-15(20-2)16(9-11)21-3/h4-9,19H,1-3H3. The number of hydrogen-bond donors (Lipinski definition) is 1. The predicted octanol–water partition coefficient (Wildman–Crippen LogP) is 4.81. The molecule has 1 N–H and O–H groups in total. The number of nitrogens with one attached hydrogen (secondary N) is 1. The fourth-order valence-electron chi connectivity index (χ4n) is 2.50. The zero-order chi connectivity index (χ0) is 15.0. The highest BCUT2D eigenvalue weighted by Gasteiger charge is 2.10. The summed E-state index contributed by atoms with van der Waals surface area (Å²) in [6.45, 7) is 2.04. The van der Waals surface area contributed by atoms with E-state index in [-0.39, 0.29) is 0 Å². The molecule has 0 aliphatic rings. The Morgan fingerprint density at radius 2 is 1.71 bits per heavy atom. The Morgan fingerprint density at radius 3 is 2.43 bits per heavy atom. The molecule has 0 atom stereocenters. The molecule has 0 bridgehead atoms. The van der Waals surface area contributed by atoms with Crippen LogP contribution in [0.2, 0.25) is 5.02 Å². The number of aromatic nitrogens is 1. The van der Waals surface area contributed by atoms with Crippen molar-refractivity contribution in [3.05, 3.63) is 47.0 Å². The van der Waals surface area contributed by atoms with Gasteiger partial charge in [-0.05, 0) is 48.9 Å². The molecular weight excluding hydrogens is 286 g/mol. The van der Waals surface area contributed by atoms with Crippen molar-refractivity contribution in [1.82, 2.24) is 4.98 Å². The molecule has 0 radical (unpaired) electrons. The number of hydrogen-bond acceptors (Lipinski definition) is 2. The van der Waals surface area contributed by atoms with Gasteiger partial charge in [-0.1, -0.05) is 11.6 Å². The number of fused-ring (bicyclic) bond motifs is 1. The second kappa shape index (κ2) is 5.34. The Kier molecular flexibility index (Phi) is 3.52. The molecule has 1 heterocycles. The zero-order valence-electron chi connectivity index (χ0n) is 12.2. The van der Waals surface area contributed by atoms with Crippen LogP contribution in [0, 0.1) is 6.92 Å². The summed E-state index contributed by atoms with van der Waals surface area (Å²) in [7, 11) is 3.26. The van der Waals surface area contributed by atoms with Crippen LogP contribution in [-0.4, -0.2) is 19.2 Å². The van der Waals surface area contributed by atoms with Crippen molar-refractivity contribution in [2.75, 3.05) is 14.2 Å². The summed E-state index contributed by atoms with van der Waals surface area (Å²) in [5.74, 6) is 1.42. The van der Waals surface area contributed by atoms with E-state index in [0.29, 0.717) is 11.5 Å². The lowest BCUT2D eigenvalue weighted by atomic mass is 10.1. The van der Waals surface area contributed by atoms with E-state index in [1.807, 2.05) is 31.2 Å². The van der Waals surface area contributed by atoms with Crippen LogP contribution in [0.4, 0.5) is 0 Å². The molecule has 3 aromatic rings. The molecule has 0 fully saturated rings. The second-order valence-electron chi connectivity index (χ2n) is 4.96. The molecule has 4 heteroatoms. The van der Waals surface area contributed by atoms with Crippen molar-refractivity contribution in [3.63, 3.8) is 0 Å². The van der Waals surface area contributed by atoms with E-state index in [9.17, 15) is 0 Å². The van der Waals surface area contributed by atoms with E-state index in [1.165, 1.54) is 0 Å². The Balaban J connectivity index is 2.14. The minimum absolute atomic E-state index is 0.705. The summed E-state index contributed by atoms with van der Waals surface area (Å²) in [5, 5.41) is 1.83. The first-order valence-corrected chi connectivity index (χ1v) is 7.01. The fraction of sp³-hybridized carbons (Fsp3) is 0.176. The first-order chi connectivity index (χ1) is 10.1. The highest BCUT2D eigenvalue weighted by Crippen LogP contribution is 2.34. The third kappa shape index (κ3) is 2.45. The van der Waals surface area contributed by atoms with Crippen LogP contribution in [-0.2, 0) is 0 Å². The smallest absolute Gasteiger partial charge is 0.161 e. The third-order valence-corrected chi connectivity index (χ3v) is 3.82. The van der Waals surface area contributed by atoms with Gasteiger partial charge in [-0.15, -0.1) is 0 Å². The van der Waals surface area contributed by atoms with Gasteiger partial charge in [-0.2, -0.15) is 0 Å². The molecule has 21 heavy (non-hydrogen) atoms. The monoisotopic (exact) mass is 301 g/mol. The van der Waals surface area contributed by atoms with Gasteiger partial charge in [0.25, 0.3) is 0 Å². The Labute approximate surface area is 128 Å². The number of halogens is 1. The number of methoxy groups -OCH3 is 2. The SMILES string of the molecule is COc1ccc(-c2cc3cc(C)cc(Cl)c3[nH]2)cc1OC. The van der Waals surface area contributed by atoms with Gasteiger partial charge in [0.2, 0.25) is 0 Å². The van der Waals surface area contributed by atoms with E-state index < -0.39 is 0 Å². The van der Waals surface area contributed by atoms with Gasteiger partial charge in [0.1, 0.15) is 0 Å². The van der Waals surface area contributed by atoms with E-state index in [2.05, 4.69) is 17.1 Å². The summed E-state index contributed by atoms with van der Waals surface area (Å²) in [6, 6.07) is 12.0. The summed E-state index contributed by atoms with van der Waals surface area (Å²) < 4.78 is 10.6. The number of ether oxygens (including phenoxy) is 2. The molecule has 3 nitrogen and oxygen atoms in total. The molecule has 0 spiro atoms. The van der Waals surface area contributed by atoms with Crippen molar-refractivity contribution >= 4 is 22.5 Å². The van der Waals surface area contributed by atoms with Gasteiger partial charge < -0.3 is 14.5 Å². The molecule has 1 aromatic heterocycles. The van der Waals surface area contributed by atoms with Gasteiger partial charge in [0.15, 0.2) is 11.5 Å². The Morgan fingerprint density at radius 1 is 0.952 bits per heavy atom. The lowest BCUT2D eigenvalue weighted by molar-refractivity contribution is 0.355. The molecule has 3 rings (SSSR count). The maximum atomic E-state index is 6.29. The normalized spacial score (nSPS) is 10.9. The van der Waals surface area contributed by atoms with Crippen molar-refractivity contribution in [2.24, 2.45) is 0 Å². The van der Waals surface area contributed by atoms with Crippen LogP contribution in [0.1, 0.15) is 5.56 Å². The third-order valence-electron chi connectivity index (χ3n) is 3.52. The van der Waals surface area contributed by atoms with E-state index >= 15 is 0 Å². The fourth-order valence-corrected chi connectivity index (χ4v) is 2.83. The van der Waals surface area contributed by atoms with E-state index in [0.717, 1.165) is 32.7 Å². The van der Waals surface area contributed by atoms with Crippen LogP contribution >= 0.6 is 11.6 Å². The van der Waals surface area contributed by atoms with Crippen molar-refractivity contribution < 1.29 is 9.47 Å². The highest BCUT2D eigenvalue weighted by molar-refractivity contribution is 6.35. The van der Waals surface area contributed by atoms with Crippen molar-refractivity contribution in [1.29, 1.82) is 0 Å². The maximum Gasteiger partial charge on any atom is 0.161 e. The number of aryl methyl sites for hydroxylation is 1. The second-order valence-corrected chi connectivity index (χ2v) is 5.37. The average Bonchev–Trinajstić information content (AvgIpc) is 2.90. The summed E-state index contributed by atoms with van der Waals surface area (Å²) >= 11 is 6.29. The number of H-pyrrole nitrogens is 1. The Hall–Kier alpha value is -2.13. The van der Waals surface area contributed by atoms with E-state index in [1.54, 1.807) is 14.2 Å². The van der Waals surface area contributed by atoms with Crippen LogP contribution < -0.4 is 9.47 Å². The summed E-state index contributed by atoms with van der Waals surface area (Å²) in [5.41, 5.74) is 4.12. The van der Waals surface area contributed by atoms with Crippen LogP contribution in [0.25, 0.3) is 22.2 Å². The molecular formula is C17H16ClNO2. The van der Waals surface area contributed by atoms with Crippen LogP contribution in [0.5, 0.6) is 11.5 Å².